The van der Waals surface area contributed by atoms with Crippen molar-refractivity contribution in [2.24, 2.45) is 0 Å². The highest BCUT2D eigenvalue weighted by atomic mass is 16.5. The smallest absolute Gasteiger partial charge is 0.125 e. The lowest BCUT2D eigenvalue weighted by molar-refractivity contribution is 0.280. The van der Waals surface area contributed by atoms with Crippen LogP contribution in [-0.2, 0) is 13.2 Å². The average molecular weight is 284 g/mol. The summed E-state index contributed by atoms with van der Waals surface area (Å²) in [5.41, 5.74) is 5.58. The molecule has 2 rings (SSSR count). The Balaban J connectivity index is 2.09. The molecule has 0 aliphatic carbocycles. The second-order valence-corrected chi connectivity index (χ2v) is 5.90. The lowest BCUT2D eigenvalue weighted by atomic mass is 10.0. The van der Waals surface area contributed by atoms with E-state index in [1.165, 1.54) is 11.1 Å². The van der Waals surface area contributed by atoms with Crippen molar-refractivity contribution in [2.45, 2.75) is 46.8 Å². The van der Waals surface area contributed by atoms with Crippen molar-refractivity contribution in [2.75, 3.05) is 0 Å². The standard InChI is InChI=1S/C19H24O2/c1-13(2)18-7-5-16(6-8-18)12-21-19-14(3)9-17(11-20)10-15(19)4/h5-10,13,20H,11-12H2,1-4H3. The summed E-state index contributed by atoms with van der Waals surface area (Å²) < 4.78 is 5.97. The molecule has 0 aliphatic heterocycles. The molecule has 0 saturated heterocycles. The Labute approximate surface area is 127 Å². The highest BCUT2D eigenvalue weighted by Crippen LogP contribution is 2.26. The molecule has 21 heavy (non-hydrogen) atoms. The first kappa shape index (κ1) is 15.6. The molecule has 2 heteroatoms. The van der Waals surface area contributed by atoms with Gasteiger partial charge in [-0.05, 0) is 47.6 Å². The van der Waals surface area contributed by atoms with Crippen LogP contribution in [-0.4, -0.2) is 5.11 Å². The molecule has 0 atom stereocenters. The third-order valence-electron chi connectivity index (χ3n) is 3.73. The van der Waals surface area contributed by atoms with E-state index in [0.717, 1.165) is 22.4 Å². The average Bonchev–Trinajstić information content (AvgIpc) is 2.46. The molecule has 0 saturated carbocycles. The topological polar surface area (TPSA) is 29.5 Å². The summed E-state index contributed by atoms with van der Waals surface area (Å²) in [5.74, 6) is 1.47. The zero-order chi connectivity index (χ0) is 15.4. The third-order valence-corrected chi connectivity index (χ3v) is 3.73. The number of aliphatic hydroxyl groups is 1. The predicted octanol–water partition coefficient (Wildman–Crippen LogP) is 4.50. The van der Waals surface area contributed by atoms with Gasteiger partial charge >= 0.3 is 0 Å². The zero-order valence-electron chi connectivity index (χ0n) is 13.3. The van der Waals surface area contributed by atoms with Gasteiger partial charge in [-0.15, -0.1) is 0 Å². The number of rotatable bonds is 5. The summed E-state index contributed by atoms with van der Waals surface area (Å²) in [6, 6.07) is 12.5. The molecule has 0 fully saturated rings. The largest absolute Gasteiger partial charge is 0.488 e. The number of benzene rings is 2. The molecular formula is C19H24O2. The number of aryl methyl sites for hydroxylation is 2. The molecule has 0 amide bonds. The summed E-state index contributed by atoms with van der Waals surface area (Å²) in [6.45, 7) is 9.06. The fraction of sp³-hybridized carbons (Fsp3) is 0.368. The summed E-state index contributed by atoms with van der Waals surface area (Å²) in [7, 11) is 0. The van der Waals surface area contributed by atoms with Crippen molar-refractivity contribution < 1.29 is 9.84 Å². The maximum absolute atomic E-state index is 9.22. The van der Waals surface area contributed by atoms with Gasteiger partial charge < -0.3 is 9.84 Å². The molecule has 2 nitrogen and oxygen atoms in total. The first-order valence-electron chi connectivity index (χ1n) is 7.44. The highest BCUT2D eigenvalue weighted by Gasteiger charge is 2.07. The maximum Gasteiger partial charge on any atom is 0.125 e. The van der Waals surface area contributed by atoms with Gasteiger partial charge in [0.2, 0.25) is 0 Å². The van der Waals surface area contributed by atoms with Gasteiger partial charge in [-0.2, -0.15) is 0 Å². The van der Waals surface area contributed by atoms with E-state index in [1.807, 2.05) is 26.0 Å². The van der Waals surface area contributed by atoms with Crippen LogP contribution in [0.4, 0.5) is 0 Å². The van der Waals surface area contributed by atoms with Crippen molar-refractivity contribution >= 4 is 0 Å². The Morgan fingerprint density at radius 1 is 0.952 bits per heavy atom. The van der Waals surface area contributed by atoms with Crippen LogP contribution >= 0.6 is 0 Å². The maximum atomic E-state index is 9.22. The van der Waals surface area contributed by atoms with E-state index < -0.39 is 0 Å². The number of ether oxygens (including phenoxy) is 1. The van der Waals surface area contributed by atoms with Crippen molar-refractivity contribution in [3.8, 4) is 5.75 Å². The summed E-state index contributed by atoms with van der Waals surface area (Å²) in [5, 5.41) is 9.22. The Hall–Kier alpha value is -1.80. The van der Waals surface area contributed by atoms with Crippen LogP contribution in [0.1, 0.15) is 47.6 Å². The first-order chi connectivity index (χ1) is 10.0. The Morgan fingerprint density at radius 2 is 1.52 bits per heavy atom. The van der Waals surface area contributed by atoms with Gasteiger partial charge in [-0.1, -0.05) is 50.2 Å². The minimum atomic E-state index is 0.0681. The van der Waals surface area contributed by atoms with E-state index in [2.05, 4.69) is 38.1 Å². The Morgan fingerprint density at radius 3 is 2.00 bits per heavy atom. The number of hydrogen-bond acceptors (Lipinski definition) is 2. The lowest BCUT2D eigenvalue weighted by Gasteiger charge is -2.14. The molecule has 0 aliphatic rings. The monoisotopic (exact) mass is 284 g/mol. The number of aliphatic hydroxyl groups excluding tert-OH is 1. The van der Waals surface area contributed by atoms with Crippen LogP contribution in [0.2, 0.25) is 0 Å². The Kier molecular flexibility index (Phi) is 5.03. The van der Waals surface area contributed by atoms with Crippen molar-refractivity contribution in [3.05, 3.63) is 64.2 Å². The SMILES string of the molecule is Cc1cc(CO)cc(C)c1OCc1ccc(C(C)C)cc1. The molecule has 0 unspecified atom stereocenters. The molecule has 2 aromatic rings. The quantitative estimate of drug-likeness (QED) is 0.876. The Bertz CT molecular complexity index is 574. The summed E-state index contributed by atoms with van der Waals surface area (Å²) in [6.07, 6.45) is 0. The van der Waals surface area contributed by atoms with Crippen LogP contribution in [0.5, 0.6) is 5.75 Å². The zero-order valence-corrected chi connectivity index (χ0v) is 13.3. The molecule has 2 aromatic carbocycles. The molecule has 0 spiro atoms. The van der Waals surface area contributed by atoms with Crippen LogP contribution in [0.15, 0.2) is 36.4 Å². The normalized spacial score (nSPS) is 11.0. The molecule has 0 aromatic heterocycles. The van der Waals surface area contributed by atoms with E-state index in [-0.39, 0.29) is 6.61 Å². The van der Waals surface area contributed by atoms with Crippen molar-refractivity contribution in [1.82, 2.24) is 0 Å². The van der Waals surface area contributed by atoms with Crippen LogP contribution in [0.3, 0.4) is 0 Å². The van der Waals surface area contributed by atoms with E-state index >= 15 is 0 Å². The van der Waals surface area contributed by atoms with E-state index in [0.29, 0.717) is 12.5 Å². The molecule has 0 bridgehead atoms. The van der Waals surface area contributed by atoms with Gasteiger partial charge in [0.1, 0.15) is 12.4 Å². The van der Waals surface area contributed by atoms with Crippen LogP contribution in [0.25, 0.3) is 0 Å². The van der Waals surface area contributed by atoms with Gasteiger partial charge in [0, 0.05) is 0 Å². The number of hydrogen-bond donors (Lipinski definition) is 1. The third kappa shape index (κ3) is 3.85. The molecule has 0 radical (unpaired) electrons. The van der Waals surface area contributed by atoms with E-state index in [9.17, 15) is 5.11 Å². The molecule has 112 valence electrons. The summed E-state index contributed by atoms with van der Waals surface area (Å²) >= 11 is 0. The van der Waals surface area contributed by atoms with Gasteiger partial charge in [-0.25, -0.2) is 0 Å². The second kappa shape index (κ2) is 6.77. The first-order valence-corrected chi connectivity index (χ1v) is 7.44. The van der Waals surface area contributed by atoms with Crippen LogP contribution < -0.4 is 4.74 Å². The predicted molar refractivity (Wildman–Crippen MR) is 86.7 cm³/mol. The summed E-state index contributed by atoms with van der Waals surface area (Å²) in [4.78, 5) is 0. The van der Waals surface area contributed by atoms with E-state index in [1.54, 1.807) is 0 Å². The van der Waals surface area contributed by atoms with Crippen molar-refractivity contribution in [3.63, 3.8) is 0 Å². The van der Waals surface area contributed by atoms with Gasteiger partial charge in [0.05, 0.1) is 6.61 Å². The molecule has 0 heterocycles. The van der Waals surface area contributed by atoms with E-state index in [4.69, 9.17) is 4.74 Å². The minimum Gasteiger partial charge on any atom is -0.488 e. The molecular weight excluding hydrogens is 260 g/mol. The fourth-order valence-electron chi connectivity index (χ4n) is 2.51. The van der Waals surface area contributed by atoms with Gasteiger partial charge in [-0.3, -0.25) is 0 Å². The molecule has 1 N–H and O–H groups in total. The fourth-order valence-corrected chi connectivity index (χ4v) is 2.51. The minimum absolute atomic E-state index is 0.0681. The highest BCUT2D eigenvalue weighted by molar-refractivity contribution is 5.43. The van der Waals surface area contributed by atoms with Crippen molar-refractivity contribution in [1.29, 1.82) is 0 Å². The lowest BCUT2D eigenvalue weighted by Crippen LogP contribution is -2.00. The van der Waals surface area contributed by atoms with Crippen LogP contribution in [0, 0.1) is 13.8 Å². The van der Waals surface area contributed by atoms with Gasteiger partial charge in [0.15, 0.2) is 0 Å². The van der Waals surface area contributed by atoms with Gasteiger partial charge in [0.25, 0.3) is 0 Å². The second-order valence-electron chi connectivity index (χ2n) is 5.90.